The molecule has 1 saturated heterocycles. The molecule has 240 valence electrons. The summed E-state index contributed by atoms with van der Waals surface area (Å²) >= 11 is 0. The van der Waals surface area contributed by atoms with Crippen molar-refractivity contribution in [3.63, 3.8) is 0 Å². The summed E-state index contributed by atoms with van der Waals surface area (Å²) in [6.07, 6.45) is 37.3. The fourth-order valence-corrected chi connectivity index (χ4v) is 6.83. The summed E-state index contributed by atoms with van der Waals surface area (Å²) in [5, 5.41) is 0. The molecule has 41 heavy (non-hydrogen) atoms. The minimum absolute atomic E-state index is 0.261. The van der Waals surface area contributed by atoms with Crippen LogP contribution in [0.2, 0.25) is 0 Å². The zero-order valence-corrected chi connectivity index (χ0v) is 28.1. The van der Waals surface area contributed by atoms with Crippen LogP contribution in [0.15, 0.2) is 11.6 Å². The van der Waals surface area contributed by atoms with E-state index < -0.39 is 0 Å². The van der Waals surface area contributed by atoms with Crippen LogP contribution in [0.1, 0.15) is 201 Å². The molecule has 0 aliphatic carbocycles. The minimum Gasteiger partial charge on any atom is -0.393 e. The summed E-state index contributed by atoms with van der Waals surface area (Å²) in [6, 6.07) is 0. The summed E-state index contributed by atoms with van der Waals surface area (Å²) in [6.45, 7) is 9.01. The van der Waals surface area contributed by atoms with Gasteiger partial charge in [-0.05, 0) is 38.0 Å². The van der Waals surface area contributed by atoms with Crippen LogP contribution in [0.4, 0.5) is 0 Å². The van der Waals surface area contributed by atoms with Crippen LogP contribution in [0.25, 0.3) is 0 Å². The van der Waals surface area contributed by atoms with Crippen molar-refractivity contribution in [2.75, 3.05) is 0 Å². The first-order valence-corrected chi connectivity index (χ1v) is 18.4. The van der Waals surface area contributed by atoms with Gasteiger partial charge in [-0.25, -0.2) is 0 Å². The third-order valence-corrected chi connectivity index (χ3v) is 9.49. The second-order valence-corrected chi connectivity index (χ2v) is 13.4. The van der Waals surface area contributed by atoms with E-state index in [2.05, 4.69) is 33.8 Å². The maximum atomic E-state index is 12.2. The van der Waals surface area contributed by atoms with Crippen LogP contribution in [-0.4, -0.2) is 11.9 Å². The lowest BCUT2D eigenvalue weighted by atomic mass is 9.80. The van der Waals surface area contributed by atoms with Crippen molar-refractivity contribution in [1.82, 2.24) is 0 Å². The van der Waals surface area contributed by atoms with E-state index in [1.807, 2.05) is 0 Å². The first-order chi connectivity index (χ1) is 20.0. The van der Waals surface area contributed by atoms with Gasteiger partial charge >= 0.3 is 11.9 Å². The van der Waals surface area contributed by atoms with Crippen molar-refractivity contribution in [2.24, 2.45) is 17.8 Å². The van der Waals surface area contributed by atoms with Gasteiger partial charge in [0.05, 0.1) is 12.3 Å². The summed E-state index contributed by atoms with van der Waals surface area (Å²) in [4.78, 5) is 23.9. The van der Waals surface area contributed by atoms with Gasteiger partial charge in [-0.2, -0.15) is 0 Å². The molecule has 0 spiro atoms. The summed E-state index contributed by atoms with van der Waals surface area (Å²) in [5.74, 6) is 0.614. The van der Waals surface area contributed by atoms with E-state index in [4.69, 9.17) is 4.74 Å². The number of rotatable bonds is 29. The van der Waals surface area contributed by atoms with Gasteiger partial charge in [-0.15, -0.1) is 0 Å². The van der Waals surface area contributed by atoms with Crippen LogP contribution in [0.5, 0.6) is 0 Å². The van der Waals surface area contributed by atoms with E-state index in [9.17, 15) is 9.59 Å². The van der Waals surface area contributed by atoms with Crippen molar-refractivity contribution in [2.45, 2.75) is 201 Å². The van der Waals surface area contributed by atoms with Crippen molar-refractivity contribution in [3.8, 4) is 0 Å². The molecule has 0 aromatic rings. The molecular formula is C38H70O3. The molecule has 3 heteroatoms. The smallest absolute Gasteiger partial charge is 0.317 e. The fourth-order valence-electron chi connectivity index (χ4n) is 6.83. The van der Waals surface area contributed by atoms with E-state index in [0.29, 0.717) is 12.3 Å². The number of carbonyl (C=O) groups excluding carboxylic acids is 2. The Labute approximate surface area is 256 Å². The first-order valence-electron chi connectivity index (χ1n) is 18.4. The maximum absolute atomic E-state index is 12.2. The van der Waals surface area contributed by atoms with Crippen LogP contribution >= 0.6 is 0 Å². The van der Waals surface area contributed by atoms with Crippen LogP contribution in [0.3, 0.4) is 0 Å². The largest absolute Gasteiger partial charge is 0.393 e. The molecule has 0 N–H and O–H groups in total. The number of unbranched alkanes of at least 4 members (excludes halogenated alkanes) is 17. The van der Waals surface area contributed by atoms with E-state index in [-0.39, 0.29) is 24.3 Å². The summed E-state index contributed by atoms with van der Waals surface area (Å²) in [7, 11) is 0. The Balaban J connectivity index is 2.72. The standard InChI is InChI=1S/C38H70O3/c1-5-9-12-15-18-19-22-24-27-34(26-23-20-16-13-10-6-2)30-35(28-25-21-17-14-11-7-3)29-33(8-4)31-36-32-37(39)41-38(36)40/h8,34-36H,5-7,9-32H2,1-4H3/b33-8-. The van der Waals surface area contributed by atoms with Gasteiger partial charge in [0.25, 0.3) is 0 Å². The van der Waals surface area contributed by atoms with Gasteiger partial charge in [0.1, 0.15) is 0 Å². The molecular weight excluding hydrogens is 504 g/mol. The average molecular weight is 575 g/mol. The maximum Gasteiger partial charge on any atom is 0.317 e. The highest BCUT2D eigenvalue weighted by molar-refractivity contribution is 5.94. The highest BCUT2D eigenvalue weighted by atomic mass is 16.6. The summed E-state index contributed by atoms with van der Waals surface area (Å²) in [5.41, 5.74) is 1.36. The Morgan fingerprint density at radius 2 is 1.07 bits per heavy atom. The molecule has 1 rings (SSSR count). The minimum atomic E-state index is -0.344. The lowest BCUT2D eigenvalue weighted by Gasteiger charge is -2.26. The Bertz CT molecular complexity index is 666. The Kier molecular flexibility index (Phi) is 24.5. The molecule has 1 heterocycles. The molecule has 1 aliphatic heterocycles. The molecule has 0 saturated carbocycles. The van der Waals surface area contributed by atoms with E-state index in [1.54, 1.807) is 0 Å². The number of ether oxygens (including phenoxy) is 1. The van der Waals surface area contributed by atoms with Crippen LogP contribution < -0.4 is 0 Å². The quantitative estimate of drug-likeness (QED) is 0.0386. The molecule has 1 fully saturated rings. The SMILES string of the molecule is C/C=C(/CC(CCCCCCCC)CC(CCCCCCCC)CCCCCCCCCC)CC1CC(=O)OC1=O. The van der Waals surface area contributed by atoms with Crippen molar-refractivity contribution < 1.29 is 14.3 Å². The van der Waals surface area contributed by atoms with Crippen LogP contribution in [-0.2, 0) is 14.3 Å². The second kappa shape index (κ2) is 26.5. The fraction of sp³-hybridized carbons (Fsp3) is 0.895. The molecule has 0 amide bonds. The number of cyclic esters (lactones) is 2. The normalized spacial score (nSPS) is 17.3. The van der Waals surface area contributed by atoms with Gasteiger partial charge in [0.2, 0.25) is 0 Å². The Morgan fingerprint density at radius 3 is 1.46 bits per heavy atom. The Morgan fingerprint density at radius 1 is 0.659 bits per heavy atom. The number of hydrogen-bond donors (Lipinski definition) is 0. The zero-order chi connectivity index (χ0) is 30.0. The highest BCUT2D eigenvalue weighted by Crippen LogP contribution is 2.34. The van der Waals surface area contributed by atoms with Crippen molar-refractivity contribution >= 4 is 11.9 Å². The van der Waals surface area contributed by atoms with Gasteiger partial charge in [0.15, 0.2) is 0 Å². The lowest BCUT2D eigenvalue weighted by molar-refractivity contribution is -0.153. The van der Waals surface area contributed by atoms with Gasteiger partial charge < -0.3 is 4.74 Å². The number of esters is 2. The van der Waals surface area contributed by atoms with E-state index in [1.165, 1.54) is 160 Å². The first kappa shape index (κ1) is 37.9. The van der Waals surface area contributed by atoms with Gasteiger partial charge in [-0.3, -0.25) is 9.59 Å². The molecule has 3 unspecified atom stereocenters. The van der Waals surface area contributed by atoms with E-state index >= 15 is 0 Å². The monoisotopic (exact) mass is 575 g/mol. The van der Waals surface area contributed by atoms with Gasteiger partial charge in [0, 0.05) is 0 Å². The number of allylic oxidation sites excluding steroid dienone is 2. The molecule has 1 aliphatic rings. The summed E-state index contributed by atoms with van der Waals surface area (Å²) < 4.78 is 4.87. The zero-order valence-electron chi connectivity index (χ0n) is 28.1. The Hall–Kier alpha value is -1.12. The van der Waals surface area contributed by atoms with Crippen LogP contribution in [0, 0.1) is 17.8 Å². The number of carbonyl (C=O) groups is 2. The topological polar surface area (TPSA) is 43.4 Å². The third-order valence-electron chi connectivity index (χ3n) is 9.49. The molecule has 3 nitrogen and oxygen atoms in total. The molecule has 0 aromatic carbocycles. The molecule has 0 aromatic heterocycles. The predicted molar refractivity (Wildman–Crippen MR) is 177 cm³/mol. The predicted octanol–water partition coefficient (Wildman–Crippen LogP) is 12.5. The van der Waals surface area contributed by atoms with Crippen molar-refractivity contribution in [3.05, 3.63) is 11.6 Å². The lowest BCUT2D eigenvalue weighted by Crippen LogP contribution is -2.14. The third kappa shape index (κ3) is 20.4. The molecule has 0 bridgehead atoms. The average Bonchev–Trinajstić information content (AvgIpc) is 3.28. The van der Waals surface area contributed by atoms with Gasteiger partial charge in [-0.1, -0.05) is 180 Å². The van der Waals surface area contributed by atoms with Crippen molar-refractivity contribution in [1.29, 1.82) is 0 Å². The second-order valence-electron chi connectivity index (χ2n) is 13.4. The number of hydrogen-bond acceptors (Lipinski definition) is 3. The van der Waals surface area contributed by atoms with E-state index in [0.717, 1.165) is 12.3 Å². The molecule has 3 atom stereocenters. The molecule has 0 radical (unpaired) electrons. The highest BCUT2D eigenvalue weighted by Gasteiger charge is 2.34.